The Labute approximate surface area is 139 Å². The summed E-state index contributed by atoms with van der Waals surface area (Å²) in [6.45, 7) is 5.42. The van der Waals surface area contributed by atoms with E-state index in [0.717, 1.165) is 11.5 Å². The van der Waals surface area contributed by atoms with Gasteiger partial charge < -0.3 is 9.47 Å². The van der Waals surface area contributed by atoms with Gasteiger partial charge in [0.05, 0.1) is 0 Å². The second-order valence-corrected chi connectivity index (χ2v) is 9.68. The molecule has 0 N–H and O–H groups in total. The van der Waals surface area contributed by atoms with Crippen molar-refractivity contribution in [3.8, 4) is 23.0 Å². The van der Waals surface area contributed by atoms with Gasteiger partial charge in [0.25, 0.3) is 0 Å². The van der Waals surface area contributed by atoms with Crippen LogP contribution < -0.4 is 9.47 Å². The number of benzene rings is 2. The second kappa shape index (κ2) is 8.87. The summed E-state index contributed by atoms with van der Waals surface area (Å²) in [5.74, 6) is 4.87. The summed E-state index contributed by atoms with van der Waals surface area (Å²) in [5.41, 5.74) is 5.55. The van der Waals surface area contributed by atoms with Crippen LogP contribution in [0.5, 0.6) is 11.5 Å². The highest BCUT2D eigenvalue weighted by molar-refractivity contribution is 6.89. The van der Waals surface area contributed by atoms with Gasteiger partial charge in [-0.2, -0.15) is 0 Å². The van der Waals surface area contributed by atoms with E-state index in [0.29, 0.717) is 13.2 Å². The Bertz CT molecular complexity index is 667. The Kier molecular flexibility index (Phi) is 6.52. The lowest BCUT2D eigenvalue weighted by Crippen LogP contribution is -2.20. The molecular weight excluding hydrogens is 300 g/mol. The molecule has 2 nitrogen and oxygen atoms in total. The molecule has 0 unspecified atom stereocenters. The van der Waals surface area contributed by atoms with Crippen LogP contribution in [0.2, 0.25) is 13.1 Å². The Morgan fingerprint density at radius 1 is 0.870 bits per heavy atom. The van der Waals surface area contributed by atoms with Gasteiger partial charge in [0.2, 0.25) is 0 Å². The maximum atomic E-state index is 5.65. The van der Waals surface area contributed by atoms with Crippen molar-refractivity contribution in [3.05, 3.63) is 72.4 Å². The normalized spacial score (nSPS) is 10.9. The molecule has 2 rings (SSSR count). The minimum absolute atomic E-state index is 0.425. The molecule has 3 heteroatoms. The van der Waals surface area contributed by atoms with Gasteiger partial charge in [-0.25, -0.2) is 0 Å². The quantitative estimate of drug-likeness (QED) is 0.576. The Hall–Kier alpha value is -2.44. The molecule has 0 aliphatic carbocycles. The molecule has 2 aromatic rings. The molecule has 0 amide bonds. The van der Waals surface area contributed by atoms with Crippen molar-refractivity contribution >= 4 is 8.07 Å². The summed E-state index contributed by atoms with van der Waals surface area (Å²) in [7, 11) is -1.68. The molecule has 0 radical (unpaired) electrons. The maximum absolute atomic E-state index is 5.65. The van der Waals surface area contributed by atoms with E-state index in [1.165, 1.54) is 0 Å². The first kappa shape index (κ1) is 16.9. The lowest BCUT2D eigenvalue weighted by atomic mass is 10.3. The molecule has 2 aromatic carbocycles. The lowest BCUT2D eigenvalue weighted by Gasteiger charge is -2.08. The van der Waals surface area contributed by atoms with Crippen LogP contribution in [-0.2, 0) is 0 Å². The summed E-state index contributed by atoms with van der Waals surface area (Å²) in [6.07, 6.45) is 2.06. The van der Waals surface area contributed by atoms with Crippen LogP contribution in [0.15, 0.2) is 72.4 Å². The number of hydrogen-bond donors (Lipinski definition) is 0. The Balaban J connectivity index is 1.75. The van der Waals surface area contributed by atoms with Crippen LogP contribution >= 0.6 is 0 Å². The molecule has 0 aliphatic rings. The smallest absolute Gasteiger partial charge is 0.155 e. The van der Waals surface area contributed by atoms with E-state index in [9.17, 15) is 0 Å². The second-order valence-electron chi connectivity index (χ2n) is 5.65. The first-order chi connectivity index (χ1) is 11.2. The van der Waals surface area contributed by atoms with E-state index in [2.05, 4.69) is 36.3 Å². The van der Waals surface area contributed by atoms with Crippen molar-refractivity contribution < 1.29 is 9.47 Å². The standard InChI is InChI=1S/C20H22O2Si/c1-23(2,17-9-15-21-19-11-5-3-6-12-19)18-10-16-22-20-13-7-4-8-14-20/h3-9,11-14,17H,15-16H2,1-2H3/b17-9+. The van der Waals surface area contributed by atoms with E-state index in [-0.39, 0.29) is 0 Å². The first-order valence-electron chi connectivity index (χ1n) is 7.69. The number of rotatable bonds is 6. The van der Waals surface area contributed by atoms with Crippen molar-refractivity contribution in [2.75, 3.05) is 13.2 Å². The summed E-state index contributed by atoms with van der Waals surface area (Å²) in [6, 6.07) is 19.6. The zero-order valence-electron chi connectivity index (χ0n) is 13.7. The van der Waals surface area contributed by atoms with Gasteiger partial charge in [0.1, 0.15) is 24.7 Å². The molecule has 0 fully saturated rings. The summed E-state index contributed by atoms with van der Waals surface area (Å²) >= 11 is 0. The van der Waals surface area contributed by atoms with Gasteiger partial charge in [0, 0.05) is 0 Å². The van der Waals surface area contributed by atoms with Gasteiger partial charge in [-0.3, -0.25) is 0 Å². The van der Waals surface area contributed by atoms with Crippen molar-refractivity contribution in [1.29, 1.82) is 0 Å². The molecule has 0 saturated carbocycles. The van der Waals surface area contributed by atoms with Crippen molar-refractivity contribution in [1.82, 2.24) is 0 Å². The molecule has 0 spiro atoms. The van der Waals surface area contributed by atoms with Crippen LogP contribution in [0.1, 0.15) is 0 Å². The monoisotopic (exact) mass is 322 g/mol. The fourth-order valence-electron chi connectivity index (χ4n) is 1.95. The number of ether oxygens (including phenoxy) is 2. The third-order valence-corrected chi connectivity index (χ3v) is 4.98. The average molecular weight is 322 g/mol. The molecular formula is C20H22O2Si. The Morgan fingerprint density at radius 2 is 1.43 bits per heavy atom. The minimum Gasteiger partial charge on any atom is -0.490 e. The SMILES string of the molecule is C[Si](C)(C#CCOc1ccccc1)/C=C/COc1ccccc1. The lowest BCUT2D eigenvalue weighted by molar-refractivity contribution is 0.363. The fraction of sp³-hybridized carbons (Fsp3) is 0.200. The predicted octanol–water partition coefficient (Wildman–Crippen LogP) is 4.49. The molecule has 0 heterocycles. The molecule has 0 atom stereocenters. The topological polar surface area (TPSA) is 18.5 Å². The van der Waals surface area contributed by atoms with E-state index in [1.807, 2.05) is 60.7 Å². The highest BCUT2D eigenvalue weighted by Gasteiger charge is 2.12. The molecule has 0 bridgehead atoms. The molecule has 0 aromatic heterocycles. The van der Waals surface area contributed by atoms with Crippen molar-refractivity contribution in [3.63, 3.8) is 0 Å². The molecule has 0 aliphatic heterocycles. The average Bonchev–Trinajstić information content (AvgIpc) is 2.58. The van der Waals surface area contributed by atoms with Crippen LogP contribution in [0.25, 0.3) is 0 Å². The van der Waals surface area contributed by atoms with Crippen molar-refractivity contribution in [2.24, 2.45) is 0 Å². The fourth-order valence-corrected chi connectivity index (χ4v) is 3.24. The first-order valence-corrected chi connectivity index (χ1v) is 10.8. The minimum atomic E-state index is -1.68. The molecule has 118 valence electrons. The van der Waals surface area contributed by atoms with Crippen LogP contribution in [0, 0.1) is 11.5 Å². The highest BCUT2D eigenvalue weighted by Crippen LogP contribution is 2.09. The highest BCUT2D eigenvalue weighted by atomic mass is 28.3. The van der Waals surface area contributed by atoms with Crippen molar-refractivity contribution in [2.45, 2.75) is 13.1 Å². The summed E-state index contributed by atoms with van der Waals surface area (Å²) in [5, 5.41) is 0. The van der Waals surface area contributed by atoms with E-state index in [4.69, 9.17) is 9.47 Å². The van der Waals surface area contributed by atoms with Crippen LogP contribution in [0.3, 0.4) is 0 Å². The van der Waals surface area contributed by atoms with E-state index < -0.39 is 8.07 Å². The van der Waals surface area contributed by atoms with Gasteiger partial charge in [0.15, 0.2) is 8.07 Å². The zero-order chi connectivity index (χ0) is 16.4. The van der Waals surface area contributed by atoms with Crippen LogP contribution in [0.4, 0.5) is 0 Å². The van der Waals surface area contributed by atoms with Crippen LogP contribution in [-0.4, -0.2) is 21.3 Å². The predicted molar refractivity (Wildman–Crippen MR) is 98.3 cm³/mol. The third kappa shape index (κ3) is 6.90. The van der Waals surface area contributed by atoms with Gasteiger partial charge in [-0.1, -0.05) is 67.2 Å². The third-order valence-electron chi connectivity index (χ3n) is 3.09. The zero-order valence-corrected chi connectivity index (χ0v) is 14.7. The molecule has 23 heavy (non-hydrogen) atoms. The van der Waals surface area contributed by atoms with E-state index >= 15 is 0 Å². The largest absolute Gasteiger partial charge is 0.490 e. The van der Waals surface area contributed by atoms with E-state index in [1.54, 1.807) is 0 Å². The van der Waals surface area contributed by atoms with Gasteiger partial charge in [-0.15, -0.1) is 5.54 Å². The Morgan fingerprint density at radius 3 is 2.04 bits per heavy atom. The maximum Gasteiger partial charge on any atom is 0.155 e. The van der Waals surface area contributed by atoms with Gasteiger partial charge >= 0.3 is 0 Å². The number of para-hydroxylation sites is 2. The molecule has 0 saturated heterocycles. The summed E-state index contributed by atoms with van der Waals surface area (Å²) in [4.78, 5) is 0. The number of hydrogen-bond acceptors (Lipinski definition) is 2. The summed E-state index contributed by atoms with van der Waals surface area (Å²) < 4.78 is 11.2. The van der Waals surface area contributed by atoms with Gasteiger partial charge in [-0.05, 0) is 24.3 Å².